The van der Waals surface area contributed by atoms with Crippen LogP contribution in [0.15, 0.2) is 36.4 Å². The minimum Gasteiger partial charge on any atom is -0.397 e. The van der Waals surface area contributed by atoms with Crippen molar-refractivity contribution >= 4 is 17.1 Å². The molecule has 4 heteroatoms. The summed E-state index contributed by atoms with van der Waals surface area (Å²) < 4.78 is 25.9. The molecule has 0 saturated heterocycles. The van der Waals surface area contributed by atoms with Crippen LogP contribution >= 0.6 is 0 Å². The van der Waals surface area contributed by atoms with Gasteiger partial charge in [0.1, 0.15) is 11.6 Å². The molecule has 2 rings (SSSR count). The third kappa shape index (κ3) is 2.53. The van der Waals surface area contributed by atoms with Crippen molar-refractivity contribution in [2.24, 2.45) is 0 Å². The molecule has 0 amide bonds. The van der Waals surface area contributed by atoms with Crippen molar-refractivity contribution in [3.63, 3.8) is 0 Å². The van der Waals surface area contributed by atoms with Gasteiger partial charge in [0, 0.05) is 5.69 Å². The van der Waals surface area contributed by atoms with Gasteiger partial charge in [0.15, 0.2) is 0 Å². The van der Waals surface area contributed by atoms with Gasteiger partial charge in [-0.3, -0.25) is 0 Å². The van der Waals surface area contributed by atoms with E-state index in [0.717, 1.165) is 5.56 Å². The molecular weight excluding hydrogens is 222 g/mol. The molecule has 2 nitrogen and oxygen atoms in total. The molecule has 0 unspecified atom stereocenters. The van der Waals surface area contributed by atoms with Crippen molar-refractivity contribution in [1.82, 2.24) is 0 Å². The number of anilines is 3. The Labute approximate surface area is 98.1 Å². The third-order valence-corrected chi connectivity index (χ3v) is 2.48. The molecule has 0 atom stereocenters. The molecule has 0 spiro atoms. The Balaban J connectivity index is 2.34. The number of nitrogen functional groups attached to an aromatic ring is 1. The van der Waals surface area contributed by atoms with Crippen LogP contribution in [0.4, 0.5) is 25.8 Å². The molecule has 0 saturated carbocycles. The van der Waals surface area contributed by atoms with Crippen molar-refractivity contribution < 1.29 is 8.78 Å². The van der Waals surface area contributed by atoms with E-state index in [-0.39, 0.29) is 11.5 Å². The molecular formula is C13H12F2N2. The zero-order valence-electron chi connectivity index (χ0n) is 9.30. The maximum atomic E-state index is 13.1. The van der Waals surface area contributed by atoms with E-state index < -0.39 is 5.82 Å². The van der Waals surface area contributed by atoms with Crippen molar-refractivity contribution in [2.45, 2.75) is 6.92 Å². The van der Waals surface area contributed by atoms with E-state index in [1.807, 2.05) is 6.92 Å². The maximum absolute atomic E-state index is 13.1. The minimum atomic E-state index is -0.399. The highest BCUT2D eigenvalue weighted by Crippen LogP contribution is 2.26. The van der Waals surface area contributed by atoms with Crippen LogP contribution in [0.1, 0.15) is 5.56 Å². The number of benzene rings is 2. The average molecular weight is 234 g/mol. The van der Waals surface area contributed by atoms with Gasteiger partial charge in [0.25, 0.3) is 0 Å². The predicted molar refractivity (Wildman–Crippen MR) is 65.2 cm³/mol. The van der Waals surface area contributed by atoms with E-state index in [1.165, 1.54) is 30.3 Å². The average Bonchev–Trinajstić information content (AvgIpc) is 2.27. The molecule has 2 aromatic rings. The van der Waals surface area contributed by atoms with E-state index in [0.29, 0.717) is 11.4 Å². The summed E-state index contributed by atoms with van der Waals surface area (Å²) in [4.78, 5) is 0. The highest BCUT2D eigenvalue weighted by molar-refractivity contribution is 5.73. The van der Waals surface area contributed by atoms with Gasteiger partial charge < -0.3 is 11.1 Å². The summed E-state index contributed by atoms with van der Waals surface area (Å²) in [6.45, 7) is 1.85. The Bertz CT molecular complexity index is 553. The summed E-state index contributed by atoms with van der Waals surface area (Å²) >= 11 is 0. The fourth-order valence-corrected chi connectivity index (χ4v) is 1.52. The lowest BCUT2D eigenvalue weighted by Crippen LogP contribution is -1.98. The van der Waals surface area contributed by atoms with E-state index in [4.69, 9.17) is 5.73 Å². The van der Waals surface area contributed by atoms with Crippen molar-refractivity contribution in [3.05, 3.63) is 53.6 Å². The molecule has 3 N–H and O–H groups in total. The van der Waals surface area contributed by atoms with Gasteiger partial charge in [0.2, 0.25) is 0 Å². The fourth-order valence-electron chi connectivity index (χ4n) is 1.52. The van der Waals surface area contributed by atoms with Crippen LogP contribution in [0.3, 0.4) is 0 Å². The van der Waals surface area contributed by atoms with Crippen molar-refractivity contribution in [2.75, 3.05) is 11.1 Å². The number of nitrogens with two attached hydrogens (primary N) is 1. The molecule has 0 heterocycles. The van der Waals surface area contributed by atoms with Crippen LogP contribution in [0.25, 0.3) is 0 Å². The zero-order chi connectivity index (χ0) is 12.4. The molecule has 0 radical (unpaired) electrons. The highest BCUT2D eigenvalue weighted by Gasteiger charge is 2.04. The Kier molecular flexibility index (Phi) is 2.95. The Hall–Kier alpha value is -2.10. The van der Waals surface area contributed by atoms with Crippen LogP contribution in [0.5, 0.6) is 0 Å². The zero-order valence-corrected chi connectivity index (χ0v) is 9.30. The largest absolute Gasteiger partial charge is 0.397 e. The van der Waals surface area contributed by atoms with Crippen LogP contribution in [0.2, 0.25) is 0 Å². The second kappa shape index (κ2) is 4.41. The topological polar surface area (TPSA) is 38.0 Å². The lowest BCUT2D eigenvalue weighted by atomic mass is 10.2. The second-order valence-corrected chi connectivity index (χ2v) is 3.82. The third-order valence-electron chi connectivity index (χ3n) is 2.48. The van der Waals surface area contributed by atoms with Crippen LogP contribution in [-0.2, 0) is 0 Å². The van der Waals surface area contributed by atoms with Gasteiger partial charge in [0.05, 0.1) is 11.4 Å². The van der Waals surface area contributed by atoms with E-state index in [9.17, 15) is 8.78 Å². The summed E-state index contributed by atoms with van der Waals surface area (Å²) in [5.74, 6) is -0.734. The quantitative estimate of drug-likeness (QED) is 0.779. The minimum absolute atomic E-state index is 0.286. The molecule has 17 heavy (non-hydrogen) atoms. The number of rotatable bonds is 2. The van der Waals surface area contributed by atoms with Crippen LogP contribution in [-0.4, -0.2) is 0 Å². The first-order valence-corrected chi connectivity index (χ1v) is 5.14. The lowest BCUT2D eigenvalue weighted by Gasteiger charge is -2.11. The molecule has 0 aliphatic heterocycles. The normalized spacial score (nSPS) is 10.3. The highest BCUT2D eigenvalue weighted by atomic mass is 19.1. The summed E-state index contributed by atoms with van der Waals surface area (Å²) in [5, 5.41) is 2.98. The monoisotopic (exact) mass is 234 g/mol. The maximum Gasteiger partial charge on any atom is 0.125 e. The summed E-state index contributed by atoms with van der Waals surface area (Å²) in [5.41, 5.74) is 8.00. The molecule has 88 valence electrons. The molecule has 0 fully saturated rings. The van der Waals surface area contributed by atoms with E-state index in [1.54, 1.807) is 6.07 Å². The Morgan fingerprint density at radius 2 is 1.59 bits per heavy atom. The van der Waals surface area contributed by atoms with E-state index in [2.05, 4.69) is 5.32 Å². The van der Waals surface area contributed by atoms with Gasteiger partial charge in [-0.2, -0.15) is 0 Å². The number of nitrogens with one attached hydrogen (secondary N) is 1. The summed E-state index contributed by atoms with van der Waals surface area (Å²) in [6, 6.07) is 8.46. The molecule has 2 aromatic carbocycles. The number of halogens is 2. The van der Waals surface area contributed by atoms with Gasteiger partial charge in [-0.25, -0.2) is 8.78 Å². The van der Waals surface area contributed by atoms with Crippen molar-refractivity contribution in [3.8, 4) is 0 Å². The van der Waals surface area contributed by atoms with E-state index >= 15 is 0 Å². The molecule has 0 aromatic heterocycles. The lowest BCUT2D eigenvalue weighted by molar-refractivity contribution is 0.627. The van der Waals surface area contributed by atoms with Gasteiger partial charge in [-0.05, 0) is 42.8 Å². The first-order valence-electron chi connectivity index (χ1n) is 5.14. The fraction of sp³-hybridized carbons (Fsp3) is 0.0769. The smallest absolute Gasteiger partial charge is 0.125 e. The van der Waals surface area contributed by atoms with Gasteiger partial charge >= 0.3 is 0 Å². The number of aryl methyl sites for hydroxylation is 1. The van der Waals surface area contributed by atoms with Gasteiger partial charge in [-0.1, -0.05) is 6.07 Å². The summed E-state index contributed by atoms with van der Waals surface area (Å²) in [7, 11) is 0. The molecule has 0 bridgehead atoms. The Morgan fingerprint density at radius 1 is 0.941 bits per heavy atom. The number of hydrogen-bond donors (Lipinski definition) is 2. The van der Waals surface area contributed by atoms with Crippen molar-refractivity contribution in [1.29, 1.82) is 0 Å². The standard InChI is InChI=1S/C13H12F2N2/c1-8-2-3-10(15)7-13(8)17-12-5-4-9(14)6-11(12)16/h2-7,17H,16H2,1H3. The second-order valence-electron chi connectivity index (χ2n) is 3.82. The first-order chi connectivity index (χ1) is 8.06. The van der Waals surface area contributed by atoms with Crippen LogP contribution in [0, 0.1) is 18.6 Å². The number of hydrogen-bond acceptors (Lipinski definition) is 2. The SMILES string of the molecule is Cc1ccc(F)cc1Nc1ccc(F)cc1N. The summed E-state index contributed by atoms with van der Waals surface area (Å²) in [6.07, 6.45) is 0. The predicted octanol–water partition coefficient (Wildman–Crippen LogP) is 3.60. The first kappa shape index (κ1) is 11.4. The molecule has 0 aliphatic rings. The Morgan fingerprint density at radius 3 is 2.29 bits per heavy atom. The van der Waals surface area contributed by atoms with Crippen LogP contribution < -0.4 is 11.1 Å². The van der Waals surface area contributed by atoms with Gasteiger partial charge in [-0.15, -0.1) is 0 Å². The molecule has 0 aliphatic carbocycles.